The van der Waals surface area contributed by atoms with Crippen LogP contribution in [0.15, 0.2) is 0 Å². The molecule has 2 atom stereocenters. The molecule has 0 radical (unpaired) electrons. The van der Waals surface area contributed by atoms with Crippen molar-refractivity contribution in [2.45, 2.75) is 31.7 Å². The second-order valence-electron chi connectivity index (χ2n) is 4.61. The normalized spacial score (nSPS) is 33.8. The molecule has 2 rings (SSSR count). The highest BCUT2D eigenvalue weighted by molar-refractivity contribution is 5.72. The number of ether oxygens (including phenoxy) is 1. The number of nitrogens with two attached hydrogens (primary N) is 1. The van der Waals surface area contributed by atoms with Crippen LogP contribution >= 0.6 is 0 Å². The lowest BCUT2D eigenvalue weighted by molar-refractivity contribution is -0.152. The second kappa shape index (κ2) is 4.94. The number of cyclic esters (lactones) is 1. The Kier molecular flexibility index (Phi) is 3.59. The lowest BCUT2D eigenvalue weighted by Gasteiger charge is -2.38. The number of morpholine rings is 1. The molecule has 0 aromatic heterocycles. The summed E-state index contributed by atoms with van der Waals surface area (Å²) in [5, 5.41) is 0. The average Bonchev–Trinajstić information content (AvgIpc) is 2.29. The Balaban J connectivity index is 1.88. The van der Waals surface area contributed by atoms with E-state index in [-0.39, 0.29) is 5.97 Å². The van der Waals surface area contributed by atoms with Gasteiger partial charge >= 0.3 is 5.97 Å². The molecule has 0 spiro atoms. The van der Waals surface area contributed by atoms with Gasteiger partial charge in [0.2, 0.25) is 0 Å². The Morgan fingerprint density at radius 2 is 2.33 bits per heavy atom. The van der Waals surface area contributed by atoms with Crippen molar-refractivity contribution in [1.82, 2.24) is 4.90 Å². The van der Waals surface area contributed by atoms with Crippen molar-refractivity contribution in [2.24, 2.45) is 11.7 Å². The molecule has 0 aromatic rings. The third-order valence-electron chi connectivity index (χ3n) is 3.58. The molecule has 2 N–H and O–H groups in total. The highest BCUT2D eigenvalue weighted by Crippen LogP contribution is 2.27. The van der Waals surface area contributed by atoms with Crippen LogP contribution in [0.3, 0.4) is 0 Å². The van der Waals surface area contributed by atoms with E-state index >= 15 is 0 Å². The van der Waals surface area contributed by atoms with E-state index in [1.54, 1.807) is 0 Å². The minimum absolute atomic E-state index is 0.0730. The van der Waals surface area contributed by atoms with Gasteiger partial charge in [0.25, 0.3) is 0 Å². The van der Waals surface area contributed by atoms with Gasteiger partial charge in [0, 0.05) is 12.6 Å². The zero-order valence-electron chi connectivity index (χ0n) is 9.15. The van der Waals surface area contributed by atoms with Crippen molar-refractivity contribution in [3.05, 3.63) is 0 Å². The Bertz CT molecular complexity index is 233. The van der Waals surface area contributed by atoms with Crippen LogP contribution in [-0.2, 0) is 9.53 Å². The van der Waals surface area contributed by atoms with Crippen molar-refractivity contribution in [3.63, 3.8) is 0 Å². The zero-order chi connectivity index (χ0) is 10.7. The van der Waals surface area contributed by atoms with E-state index in [0.29, 0.717) is 25.1 Å². The molecule has 4 heteroatoms. The number of carbonyl (C=O) groups excluding carboxylic acids is 1. The van der Waals surface area contributed by atoms with E-state index in [1.807, 2.05) is 0 Å². The van der Waals surface area contributed by atoms with Gasteiger partial charge in [-0.3, -0.25) is 9.69 Å². The maximum atomic E-state index is 11.2. The van der Waals surface area contributed by atoms with Crippen LogP contribution in [0.1, 0.15) is 25.7 Å². The molecular formula is C11H20N2O2. The van der Waals surface area contributed by atoms with Gasteiger partial charge in [-0.2, -0.15) is 0 Å². The first-order chi connectivity index (χ1) is 7.29. The molecule has 15 heavy (non-hydrogen) atoms. The fourth-order valence-electron chi connectivity index (χ4n) is 2.69. The summed E-state index contributed by atoms with van der Waals surface area (Å²) >= 11 is 0. The van der Waals surface area contributed by atoms with Crippen molar-refractivity contribution >= 4 is 5.97 Å². The summed E-state index contributed by atoms with van der Waals surface area (Å²) in [5.74, 6) is 0.581. The van der Waals surface area contributed by atoms with Crippen molar-refractivity contribution in [1.29, 1.82) is 0 Å². The Labute approximate surface area is 90.8 Å². The van der Waals surface area contributed by atoms with Gasteiger partial charge in [-0.25, -0.2) is 0 Å². The predicted molar refractivity (Wildman–Crippen MR) is 57.3 cm³/mol. The topological polar surface area (TPSA) is 55.6 Å². The molecule has 1 saturated heterocycles. The summed E-state index contributed by atoms with van der Waals surface area (Å²) in [5.41, 5.74) is 5.71. The van der Waals surface area contributed by atoms with E-state index in [0.717, 1.165) is 19.5 Å². The number of hydrogen-bond donors (Lipinski definition) is 1. The van der Waals surface area contributed by atoms with Crippen molar-refractivity contribution in [3.8, 4) is 0 Å². The van der Waals surface area contributed by atoms with E-state index in [4.69, 9.17) is 10.5 Å². The number of hydrogen-bond acceptors (Lipinski definition) is 4. The van der Waals surface area contributed by atoms with Gasteiger partial charge in [0.1, 0.15) is 6.61 Å². The maximum absolute atomic E-state index is 11.2. The van der Waals surface area contributed by atoms with Crippen LogP contribution in [-0.4, -0.2) is 43.2 Å². The van der Waals surface area contributed by atoms with Crippen LogP contribution < -0.4 is 5.73 Å². The first-order valence-corrected chi connectivity index (χ1v) is 5.89. The quantitative estimate of drug-likeness (QED) is 0.672. The summed E-state index contributed by atoms with van der Waals surface area (Å²) < 4.78 is 4.95. The standard InChI is InChI=1S/C11H20N2O2/c12-7-9-2-1-3-10(6-9)13-4-5-15-11(14)8-13/h9-10H,1-8,12H2. The van der Waals surface area contributed by atoms with E-state index in [9.17, 15) is 4.79 Å². The number of rotatable bonds is 2. The number of carbonyl (C=O) groups is 1. The highest BCUT2D eigenvalue weighted by atomic mass is 16.5. The summed E-state index contributed by atoms with van der Waals surface area (Å²) in [6.07, 6.45) is 4.87. The lowest BCUT2D eigenvalue weighted by atomic mass is 9.85. The van der Waals surface area contributed by atoms with Crippen LogP contribution in [0.25, 0.3) is 0 Å². The van der Waals surface area contributed by atoms with Gasteiger partial charge < -0.3 is 10.5 Å². The van der Waals surface area contributed by atoms with E-state index < -0.39 is 0 Å². The number of nitrogens with zero attached hydrogens (tertiary/aromatic N) is 1. The Morgan fingerprint density at radius 3 is 3.07 bits per heavy atom. The fraction of sp³-hybridized carbons (Fsp3) is 0.909. The molecule has 2 fully saturated rings. The number of esters is 1. The van der Waals surface area contributed by atoms with Gasteiger partial charge in [-0.15, -0.1) is 0 Å². The second-order valence-corrected chi connectivity index (χ2v) is 4.61. The third kappa shape index (κ3) is 2.69. The molecule has 0 aromatic carbocycles. The zero-order valence-corrected chi connectivity index (χ0v) is 9.15. The van der Waals surface area contributed by atoms with E-state index in [1.165, 1.54) is 19.3 Å². The maximum Gasteiger partial charge on any atom is 0.320 e. The Hall–Kier alpha value is -0.610. The average molecular weight is 212 g/mol. The summed E-state index contributed by atoms with van der Waals surface area (Å²) in [6, 6.07) is 0.556. The molecule has 1 heterocycles. The minimum atomic E-state index is -0.0730. The van der Waals surface area contributed by atoms with Crippen LogP contribution in [0.4, 0.5) is 0 Å². The van der Waals surface area contributed by atoms with E-state index in [2.05, 4.69) is 4.90 Å². The molecule has 0 amide bonds. The molecule has 86 valence electrons. The smallest absolute Gasteiger partial charge is 0.320 e. The molecule has 1 aliphatic heterocycles. The predicted octanol–water partition coefficient (Wildman–Crippen LogP) is 0.363. The largest absolute Gasteiger partial charge is 0.463 e. The van der Waals surface area contributed by atoms with Gasteiger partial charge in [0.15, 0.2) is 0 Å². The SMILES string of the molecule is NCC1CCCC(N2CCOC(=O)C2)C1. The molecule has 0 bridgehead atoms. The van der Waals surface area contributed by atoms with Gasteiger partial charge in [-0.1, -0.05) is 6.42 Å². The molecular weight excluding hydrogens is 192 g/mol. The summed E-state index contributed by atoms with van der Waals surface area (Å²) in [4.78, 5) is 13.5. The molecule has 4 nitrogen and oxygen atoms in total. The van der Waals surface area contributed by atoms with Crippen LogP contribution in [0, 0.1) is 5.92 Å². The highest BCUT2D eigenvalue weighted by Gasteiger charge is 2.29. The fourth-order valence-corrected chi connectivity index (χ4v) is 2.69. The molecule has 1 saturated carbocycles. The monoisotopic (exact) mass is 212 g/mol. The van der Waals surface area contributed by atoms with Crippen LogP contribution in [0.5, 0.6) is 0 Å². The molecule has 2 aliphatic rings. The Morgan fingerprint density at radius 1 is 1.47 bits per heavy atom. The summed E-state index contributed by atoms with van der Waals surface area (Å²) in [6.45, 7) is 2.72. The first kappa shape index (κ1) is 10.9. The summed E-state index contributed by atoms with van der Waals surface area (Å²) in [7, 11) is 0. The molecule has 1 aliphatic carbocycles. The van der Waals surface area contributed by atoms with Crippen molar-refractivity contribution in [2.75, 3.05) is 26.2 Å². The third-order valence-corrected chi connectivity index (χ3v) is 3.58. The molecule has 2 unspecified atom stereocenters. The first-order valence-electron chi connectivity index (χ1n) is 5.89. The minimum Gasteiger partial charge on any atom is -0.463 e. The van der Waals surface area contributed by atoms with Gasteiger partial charge in [0.05, 0.1) is 6.54 Å². The van der Waals surface area contributed by atoms with Gasteiger partial charge in [-0.05, 0) is 31.7 Å². The van der Waals surface area contributed by atoms with Crippen LogP contribution in [0.2, 0.25) is 0 Å². The lowest BCUT2D eigenvalue weighted by Crippen LogP contribution is -2.48. The van der Waals surface area contributed by atoms with Crippen molar-refractivity contribution < 1.29 is 9.53 Å².